The van der Waals surface area contributed by atoms with Crippen molar-refractivity contribution in [1.82, 2.24) is 0 Å². The normalized spacial score (nSPS) is 13.3. The molecule has 0 spiro atoms. The first-order valence-electron chi connectivity index (χ1n) is 6.91. The van der Waals surface area contributed by atoms with Crippen LogP contribution < -0.4 is 14.8 Å². The number of benzene rings is 2. The van der Waals surface area contributed by atoms with Gasteiger partial charge in [-0.3, -0.25) is 4.79 Å². The molecule has 2 aromatic rings. The first kappa shape index (κ1) is 16.2. The van der Waals surface area contributed by atoms with E-state index in [4.69, 9.17) is 44.3 Å². The smallest absolute Gasteiger partial charge is 0.255 e. The number of carbonyl (C=O) groups is 1. The molecule has 1 amide bonds. The van der Waals surface area contributed by atoms with Crippen LogP contribution in [0.15, 0.2) is 30.3 Å². The summed E-state index contributed by atoms with van der Waals surface area (Å²) in [6, 6.07) is 8.13. The fourth-order valence-electron chi connectivity index (χ4n) is 2.16. The van der Waals surface area contributed by atoms with Gasteiger partial charge in [0.25, 0.3) is 5.91 Å². The van der Waals surface area contributed by atoms with E-state index < -0.39 is 0 Å². The van der Waals surface area contributed by atoms with Gasteiger partial charge in [-0.05, 0) is 24.3 Å². The Morgan fingerprint density at radius 3 is 2.65 bits per heavy atom. The molecular weight excluding hydrogens is 361 g/mol. The Kier molecular flexibility index (Phi) is 4.85. The van der Waals surface area contributed by atoms with Gasteiger partial charge in [-0.15, -0.1) is 0 Å². The van der Waals surface area contributed by atoms with Crippen molar-refractivity contribution in [3.63, 3.8) is 0 Å². The van der Waals surface area contributed by atoms with E-state index in [1.807, 2.05) is 0 Å². The summed E-state index contributed by atoms with van der Waals surface area (Å²) in [5.74, 6) is 0.547. The Balaban J connectivity index is 1.89. The number of halogens is 3. The zero-order valence-electron chi connectivity index (χ0n) is 11.9. The second-order valence-electron chi connectivity index (χ2n) is 4.89. The van der Waals surface area contributed by atoms with Crippen molar-refractivity contribution in [2.75, 3.05) is 18.5 Å². The Labute approximate surface area is 148 Å². The topological polar surface area (TPSA) is 47.6 Å². The van der Waals surface area contributed by atoms with Crippen LogP contribution in [0.4, 0.5) is 5.69 Å². The lowest BCUT2D eigenvalue weighted by Gasteiger charge is -2.12. The van der Waals surface area contributed by atoms with Crippen molar-refractivity contribution in [3.05, 3.63) is 51.0 Å². The van der Waals surface area contributed by atoms with Crippen LogP contribution in [0.5, 0.6) is 11.5 Å². The molecule has 0 bridgehead atoms. The maximum atomic E-state index is 12.4. The van der Waals surface area contributed by atoms with E-state index in [2.05, 4.69) is 5.32 Å². The Bertz CT molecular complexity index is 764. The van der Waals surface area contributed by atoms with Crippen LogP contribution in [0.25, 0.3) is 0 Å². The van der Waals surface area contributed by atoms with Gasteiger partial charge in [0.15, 0.2) is 11.5 Å². The second-order valence-corrected chi connectivity index (χ2v) is 6.08. The predicted molar refractivity (Wildman–Crippen MR) is 91.5 cm³/mol. The van der Waals surface area contributed by atoms with Gasteiger partial charge in [-0.1, -0.05) is 40.9 Å². The fourth-order valence-corrected chi connectivity index (χ4v) is 2.77. The van der Waals surface area contributed by atoms with Crippen molar-refractivity contribution in [3.8, 4) is 11.5 Å². The van der Waals surface area contributed by atoms with Crippen LogP contribution in [0.1, 0.15) is 16.8 Å². The highest BCUT2D eigenvalue weighted by Crippen LogP contribution is 2.38. The largest absolute Gasteiger partial charge is 0.489 e. The minimum absolute atomic E-state index is 0.281. The van der Waals surface area contributed by atoms with Gasteiger partial charge in [-0.2, -0.15) is 0 Å². The maximum Gasteiger partial charge on any atom is 0.255 e. The molecule has 23 heavy (non-hydrogen) atoms. The summed E-state index contributed by atoms with van der Waals surface area (Å²) in [7, 11) is 0. The minimum Gasteiger partial charge on any atom is -0.489 e. The molecule has 0 atom stereocenters. The minimum atomic E-state index is -0.369. The zero-order chi connectivity index (χ0) is 16.4. The van der Waals surface area contributed by atoms with Crippen LogP contribution in [-0.2, 0) is 0 Å². The molecule has 0 unspecified atom stereocenters. The van der Waals surface area contributed by atoms with Crippen molar-refractivity contribution in [1.29, 1.82) is 0 Å². The first-order valence-corrected chi connectivity index (χ1v) is 8.04. The van der Waals surface area contributed by atoms with Gasteiger partial charge >= 0.3 is 0 Å². The van der Waals surface area contributed by atoms with Gasteiger partial charge in [-0.25, -0.2) is 0 Å². The van der Waals surface area contributed by atoms with Crippen molar-refractivity contribution in [2.45, 2.75) is 6.42 Å². The molecule has 0 aliphatic carbocycles. The predicted octanol–water partition coefficient (Wildman–Crippen LogP) is 5.06. The summed E-state index contributed by atoms with van der Waals surface area (Å²) in [5, 5.41) is 3.68. The van der Waals surface area contributed by atoms with Gasteiger partial charge in [0, 0.05) is 12.0 Å². The van der Waals surface area contributed by atoms with E-state index in [-0.39, 0.29) is 10.9 Å². The molecule has 3 rings (SSSR count). The highest BCUT2D eigenvalue weighted by Gasteiger charge is 2.19. The van der Waals surface area contributed by atoms with Crippen molar-refractivity contribution >= 4 is 46.4 Å². The van der Waals surface area contributed by atoms with Crippen LogP contribution in [0.2, 0.25) is 15.1 Å². The monoisotopic (exact) mass is 371 g/mol. The van der Waals surface area contributed by atoms with E-state index in [9.17, 15) is 4.79 Å². The van der Waals surface area contributed by atoms with Crippen molar-refractivity contribution < 1.29 is 14.3 Å². The van der Waals surface area contributed by atoms with E-state index in [0.717, 1.165) is 6.42 Å². The van der Waals surface area contributed by atoms with Gasteiger partial charge < -0.3 is 14.8 Å². The van der Waals surface area contributed by atoms with Gasteiger partial charge in [0.1, 0.15) is 0 Å². The lowest BCUT2D eigenvalue weighted by Crippen LogP contribution is -2.12. The summed E-state index contributed by atoms with van der Waals surface area (Å²) in [6.45, 7) is 1.03. The van der Waals surface area contributed by atoms with Crippen molar-refractivity contribution in [2.24, 2.45) is 0 Å². The molecule has 0 saturated carbocycles. The van der Waals surface area contributed by atoms with Gasteiger partial charge in [0.2, 0.25) is 0 Å². The number of ether oxygens (including phenoxy) is 2. The molecule has 2 aromatic carbocycles. The molecule has 7 heteroatoms. The number of hydrogen-bond acceptors (Lipinski definition) is 3. The average Bonchev–Trinajstić information content (AvgIpc) is 2.77. The third-order valence-electron chi connectivity index (χ3n) is 3.26. The summed E-state index contributed by atoms with van der Waals surface area (Å²) in [6.07, 6.45) is 0.755. The molecule has 4 nitrogen and oxygen atoms in total. The Hall–Kier alpha value is -1.62. The lowest BCUT2D eigenvalue weighted by atomic mass is 10.1. The maximum absolute atomic E-state index is 12.4. The molecule has 0 radical (unpaired) electrons. The highest BCUT2D eigenvalue weighted by molar-refractivity contribution is 6.44. The lowest BCUT2D eigenvalue weighted by molar-refractivity contribution is 0.102. The fraction of sp³-hybridized carbons (Fsp3) is 0.188. The number of hydrogen-bond donors (Lipinski definition) is 1. The number of carbonyl (C=O) groups excluding carboxylic acids is 1. The molecule has 0 saturated heterocycles. The summed E-state index contributed by atoms with van der Waals surface area (Å²) >= 11 is 18.2. The molecule has 0 fully saturated rings. The van der Waals surface area contributed by atoms with Crippen LogP contribution in [0, 0.1) is 0 Å². The third kappa shape index (κ3) is 3.50. The number of nitrogens with one attached hydrogen (secondary N) is 1. The molecular formula is C16H12Cl3NO3. The molecule has 1 heterocycles. The van der Waals surface area contributed by atoms with E-state index in [1.54, 1.807) is 24.3 Å². The number of anilines is 1. The Morgan fingerprint density at radius 2 is 1.83 bits per heavy atom. The summed E-state index contributed by atoms with van der Waals surface area (Å²) in [4.78, 5) is 12.4. The van der Waals surface area contributed by atoms with Gasteiger partial charge in [0.05, 0.1) is 34.0 Å². The Morgan fingerprint density at radius 1 is 1.04 bits per heavy atom. The summed E-state index contributed by atoms with van der Waals surface area (Å²) in [5.41, 5.74) is 0.766. The summed E-state index contributed by atoms with van der Waals surface area (Å²) < 4.78 is 11.1. The highest BCUT2D eigenvalue weighted by atomic mass is 35.5. The molecule has 1 aliphatic heterocycles. The quantitative estimate of drug-likeness (QED) is 0.801. The van der Waals surface area contributed by atoms with E-state index in [1.165, 1.54) is 6.07 Å². The van der Waals surface area contributed by atoms with Crippen LogP contribution >= 0.6 is 34.8 Å². The zero-order valence-corrected chi connectivity index (χ0v) is 14.1. The second kappa shape index (κ2) is 6.87. The van der Waals surface area contributed by atoms with Crippen LogP contribution in [0.3, 0.4) is 0 Å². The molecule has 1 aliphatic rings. The number of rotatable bonds is 2. The number of fused-ring (bicyclic) bond motifs is 1. The third-order valence-corrected chi connectivity index (χ3v) is 4.36. The SMILES string of the molecule is O=C(Nc1cccc(Cl)c1Cl)c1cc(Cl)c2c(c1)OCCCO2. The molecule has 0 aromatic heterocycles. The van der Waals surface area contributed by atoms with E-state index in [0.29, 0.717) is 46.0 Å². The van der Waals surface area contributed by atoms with E-state index >= 15 is 0 Å². The average molecular weight is 373 g/mol. The first-order chi connectivity index (χ1) is 11.1. The van der Waals surface area contributed by atoms with Crippen LogP contribution in [-0.4, -0.2) is 19.1 Å². The number of amides is 1. The molecule has 120 valence electrons. The standard InChI is InChI=1S/C16H12Cl3NO3/c17-10-3-1-4-12(14(10)19)20-16(21)9-7-11(18)15-13(8-9)22-5-2-6-23-15/h1,3-4,7-8H,2,5-6H2,(H,20,21). The molecule has 1 N–H and O–H groups in total.